The van der Waals surface area contributed by atoms with Crippen molar-refractivity contribution in [1.29, 1.82) is 5.26 Å². The van der Waals surface area contributed by atoms with E-state index in [1.807, 2.05) is 49.6 Å². The third kappa shape index (κ3) is 4.20. The standard InChI is InChI=1S/C19H13N3S.ClH/c1-13-7-16(10-20)9-17(8-13)19-6-4-15(11-21-19)3-5-18-12-23-14(2)22-18;/h4,6-9,11-12H,1-2H3;1H. The fourth-order valence-corrected chi connectivity index (χ4v) is 2.74. The zero-order chi connectivity index (χ0) is 16.2. The third-order valence-corrected chi connectivity index (χ3v) is 3.99. The number of aromatic nitrogens is 2. The molecule has 2 aromatic heterocycles. The summed E-state index contributed by atoms with van der Waals surface area (Å²) in [6.07, 6.45) is 1.75. The summed E-state index contributed by atoms with van der Waals surface area (Å²) in [5.41, 5.74) is 5.09. The Hall–Kier alpha value is -2.66. The topological polar surface area (TPSA) is 49.6 Å². The maximum absolute atomic E-state index is 9.06. The van der Waals surface area contributed by atoms with Crippen LogP contribution in [0.2, 0.25) is 0 Å². The highest BCUT2D eigenvalue weighted by molar-refractivity contribution is 7.09. The Kier molecular flexibility index (Phi) is 5.71. The van der Waals surface area contributed by atoms with Crippen LogP contribution in [0, 0.1) is 37.0 Å². The van der Waals surface area contributed by atoms with Crippen molar-refractivity contribution >= 4 is 23.7 Å². The maximum atomic E-state index is 9.06. The Balaban J connectivity index is 0.00000208. The molecule has 0 aliphatic heterocycles. The quantitative estimate of drug-likeness (QED) is 0.606. The van der Waals surface area contributed by atoms with Gasteiger partial charge in [0, 0.05) is 22.7 Å². The number of rotatable bonds is 1. The van der Waals surface area contributed by atoms with Crippen molar-refractivity contribution in [1.82, 2.24) is 9.97 Å². The van der Waals surface area contributed by atoms with Gasteiger partial charge in [-0.05, 0) is 55.7 Å². The monoisotopic (exact) mass is 351 g/mol. The number of pyridine rings is 1. The lowest BCUT2D eigenvalue weighted by molar-refractivity contribution is 1.27. The first-order valence-electron chi connectivity index (χ1n) is 7.06. The summed E-state index contributed by atoms with van der Waals surface area (Å²) >= 11 is 1.59. The van der Waals surface area contributed by atoms with Crippen molar-refractivity contribution in [3.8, 4) is 29.2 Å². The Bertz CT molecular complexity index is 957. The molecule has 0 unspecified atom stereocenters. The fraction of sp³-hybridized carbons (Fsp3) is 0.105. The first-order valence-corrected chi connectivity index (χ1v) is 7.94. The molecule has 0 aliphatic rings. The Morgan fingerprint density at radius 1 is 1.04 bits per heavy atom. The Morgan fingerprint density at radius 2 is 1.88 bits per heavy atom. The lowest BCUT2D eigenvalue weighted by Gasteiger charge is -2.03. The zero-order valence-electron chi connectivity index (χ0n) is 13.2. The molecule has 0 aliphatic carbocycles. The van der Waals surface area contributed by atoms with Crippen molar-refractivity contribution in [2.24, 2.45) is 0 Å². The summed E-state index contributed by atoms with van der Waals surface area (Å²) in [4.78, 5) is 8.77. The Labute approximate surface area is 151 Å². The van der Waals surface area contributed by atoms with E-state index in [-0.39, 0.29) is 12.4 Å². The van der Waals surface area contributed by atoms with Gasteiger partial charge in [0.25, 0.3) is 0 Å². The van der Waals surface area contributed by atoms with E-state index in [2.05, 4.69) is 27.9 Å². The molecule has 24 heavy (non-hydrogen) atoms. The molecule has 0 spiro atoms. The lowest BCUT2D eigenvalue weighted by Crippen LogP contribution is -1.87. The van der Waals surface area contributed by atoms with Gasteiger partial charge in [-0.15, -0.1) is 23.7 Å². The van der Waals surface area contributed by atoms with Crippen LogP contribution in [0.25, 0.3) is 11.3 Å². The average Bonchev–Trinajstić information content (AvgIpc) is 2.98. The minimum absolute atomic E-state index is 0. The summed E-state index contributed by atoms with van der Waals surface area (Å²) in [6, 6.07) is 11.8. The predicted molar refractivity (Wildman–Crippen MR) is 99.2 cm³/mol. The molecule has 0 atom stereocenters. The minimum Gasteiger partial charge on any atom is -0.255 e. The molecule has 3 nitrogen and oxygen atoms in total. The number of nitriles is 1. The molecule has 0 amide bonds. The first kappa shape index (κ1) is 17.7. The maximum Gasteiger partial charge on any atom is 0.124 e. The number of hydrogen-bond donors (Lipinski definition) is 0. The summed E-state index contributed by atoms with van der Waals surface area (Å²) in [6.45, 7) is 3.93. The van der Waals surface area contributed by atoms with Gasteiger partial charge in [0.2, 0.25) is 0 Å². The number of hydrogen-bond acceptors (Lipinski definition) is 4. The van der Waals surface area contributed by atoms with E-state index in [1.54, 1.807) is 17.5 Å². The van der Waals surface area contributed by atoms with E-state index < -0.39 is 0 Å². The summed E-state index contributed by atoms with van der Waals surface area (Å²) in [5.74, 6) is 6.10. The first-order chi connectivity index (χ1) is 11.1. The van der Waals surface area contributed by atoms with Crippen LogP contribution in [0.1, 0.15) is 27.4 Å². The molecular weight excluding hydrogens is 338 g/mol. The minimum atomic E-state index is 0. The highest BCUT2D eigenvalue weighted by Gasteiger charge is 2.02. The van der Waals surface area contributed by atoms with Crippen molar-refractivity contribution in [3.05, 3.63) is 69.3 Å². The molecule has 0 N–H and O–H groups in total. The summed E-state index contributed by atoms with van der Waals surface area (Å²) in [5, 5.41) is 12.0. The van der Waals surface area contributed by atoms with Crippen molar-refractivity contribution < 1.29 is 0 Å². The number of aryl methyl sites for hydroxylation is 2. The molecular formula is C19H14ClN3S. The molecule has 3 rings (SSSR count). The van der Waals surface area contributed by atoms with Gasteiger partial charge in [-0.3, -0.25) is 4.98 Å². The SMILES string of the molecule is Cc1cc(C#N)cc(-c2ccc(C#Cc3csc(C)n3)cn2)c1.Cl. The molecule has 0 saturated carbocycles. The molecule has 5 heteroatoms. The van der Waals surface area contributed by atoms with Crippen LogP contribution in [-0.2, 0) is 0 Å². The second-order valence-electron chi connectivity index (χ2n) is 5.13. The van der Waals surface area contributed by atoms with Gasteiger partial charge in [0.15, 0.2) is 0 Å². The van der Waals surface area contributed by atoms with Crippen LogP contribution in [0.4, 0.5) is 0 Å². The van der Waals surface area contributed by atoms with Crippen molar-refractivity contribution in [2.75, 3.05) is 0 Å². The fourth-order valence-electron chi connectivity index (χ4n) is 2.19. The van der Waals surface area contributed by atoms with E-state index in [9.17, 15) is 0 Å². The van der Waals surface area contributed by atoms with Crippen LogP contribution >= 0.6 is 23.7 Å². The van der Waals surface area contributed by atoms with E-state index >= 15 is 0 Å². The van der Waals surface area contributed by atoms with Gasteiger partial charge in [0.05, 0.1) is 22.3 Å². The molecule has 2 heterocycles. The largest absolute Gasteiger partial charge is 0.255 e. The highest BCUT2D eigenvalue weighted by Crippen LogP contribution is 2.20. The van der Waals surface area contributed by atoms with Crippen LogP contribution in [0.5, 0.6) is 0 Å². The second kappa shape index (κ2) is 7.75. The van der Waals surface area contributed by atoms with Gasteiger partial charge in [0.1, 0.15) is 5.69 Å². The molecule has 0 fully saturated rings. The van der Waals surface area contributed by atoms with Crippen molar-refractivity contribution in [3.63, 3.8) is 0 Å². The molecule has 0 saturated heterocycles. The normalized spacial score (nSPS) is 9.38. The summed E-state index contributed by atoms with van der Waals surface area (Å²) < 4.78 is 0. The molecule has 0 bridgehead atoms. The van der Waals surface area contributed by atoms with Crippen molar-refractivity contribution in [2.45, 2.75) is 13.8 Å². The van der Waals surface area contributed by atoms with Gasteiger partial charge in [-0.2, -0.15) is 5.26 Å². The Morgan fingerprint density at radius 3 is 2.50 bits per heavy atom. The third-order valence-electron chi connectivity index (χ3n) is 3.22. The van der Waals surface area contributed by atoms with E-state index in [0.29, 0.717) is 5.56 Å². The molecule has 118 valence electrons. The van der Waals surface area contributed by atoms with Gasteiger partial charge in [-0.1, -0.05) is 5.92 Å². The molecule has 3 aromatic rings. The van der Waals surface area contributed by atoms with Crippen LogP contribution in [-0.4, -0.2) is 9.97 Å². The number of thiazole rings is 1. The average molecular weight is 352 g/mol. The predicted octanol–water partition coefficient (Wildman–Crippen LogP) is 4.52. The number of benzene rings is 1. The molecule has 0 radical (unpaired) electrons. The smallest absolute Gasteiger partial charge is 0.124 e. The number of nitrogens with zero attached hydrogens (tertiary/aromatic N) is 3. The highest BCUT2D eigenvalue weighted by atomic mass is 35.5. The van der Waals surface area contributed by atoms with Gasteiger partial charge < -0.3 is 0 Å². The van der Waals surface area contributed by atoms with E-state index in [1.165, 1.54) is 0 Å². The molecule has 1 aromatic carbocycles. The zero-order valence-corrected chi connectivity index (χ0v) is 14.8. The van der Waals surface area contributed by atoms with E-state index in [0.717, 1.165) is 33.1 Å². The van der Waals surface area contributed by atoms with Crippen LogP contribution in [0.3, 0.4) is 0 Å². The van der Waals surface area contributed by atoms with Gasteiger partial charge in [-0.25, -0.2) is 4.98 Å². The van der Waals surface area contributed by atoms with E-state index in [4.69, 9.17) is 5.26 Å². The lowest BCUT2D eigenvalue weighted by atomic mass is 10.0. The van der Waals surface area contributed by atoms with Crippen LogP contribution in [0.15, 0.2) is 41.9 Å². The second-order valence-corrected chi connectivity index (χ2v) is 6.20. The van der Waals surface area contributed by atoms with Gasteiger partial charge >= 0.3 is 0 Å². The summed E-state index contributed by atoms with van der Waals surface area (Å²) in [7, 11) is 0. The van der Waals surface area contributed by atoms with Crippen LogP contribution < -0.4 is 0 Å². The number of halogens is 1.